The van der Waals surface area contributed by atoms with Crippen LogP contribution in [0.5, 0.6) is 11.5 Å². The molecule has 0 spiro atoms. The minimum absolute atomic E-state index is 0.353. The highest BCUT2D eigenvalue weighted by Gasteiger charge is 2.13. The lowest BCUT2D eigenvalue weighted by Gasteiger charge is -2.06. The number of amides is 2. The molecule has 0 saturated heterocycles. The summed E-state index contributed by atoms with van der Waals surface area (Å²) in [5, 5.41) is 6.24. The molecule has 0 saturated carbocycles. The lowest BCUT2D eigenvalue weighted by Crippen LogP contribution is -2.32. The molecule has 0 fully saturated rings. The highest BCUT2D eigenvalue weighted by Crippen LogP contribution is 2.19. The van der Waals surface area contributed by atoms with Gasteiger partial charge in [0, 0.05) is 10.2 Å². The number of carbonyl (C=O) groups is 3. The van der Waals surface area contributed by atoms with Gasteiger partial charge in [-0.3, -0.25) is 9.59 Å². The van der Waals surface area contributed by atoms with Crippen LogP contribution in [0.1, 0.15) is 22.8 Å². The normalized spacial score (nSPS) is 10.5. The van der Waals surface area contributed by atoms with Crippen LogP contribution in [-0.2, 0) is 9.59 Å². The molecule has 0 aliphatic rings. The van der Waals surface area contributed by atoms with Crippen molar-refractivity contribution in [3.63, 3.8) is 0 Å². The number of esters is 1. The van der Waals surface area contributed by atoms with Gasteiger partial charge < -0.3 is 14.8 Å². The van der Waals surface area contributed by atoms with E-state index < -0.39 is 17.8 Å². The number of anilines is 1. The molecule has 0 bridgehead atoms. The Morgan fingerprint density at radius 3 is 2.24 bits per heavy atom. The van der Waals surface area contributed by atoms with Crippen molar-refractivity contribution in [1.29, 1.82) is 0 Å². The van der Waals surface area contributed by atoms with Gasteiger partial charge in [-0.1, -0.05) is 12.1 Å². The number of rotatable bonds is 7. The number of nitrogens with one attached hydrogen (secondary N) is 2. The second kappa shape index (κ2) is 11.6. The average Bonchev–Trinajstić information content (AvgIpc) is 2.81. The zero-order chi connectivity index (χ0) is 23.6. The van der Waals surface area contributed by atoms with Gasteiger partial charge in [0.15, 0.2) is 0 Å². The Bertz CT molecular complexity index is 1160. The molecule has 9 heteroatoms. The van der Waals surface area contributed by atoms with Crippen molar-refractivity contribution in [1.82, 2.24) is 5.43 Å². The van der Waals surface area contributed by atoms with Crippen LogP contribution in [0.4, 0.5) is 5.69 Å². The third-order valence-corrected chi connectivity index (χ3v) is 4.89. The molecule has 0 aliphatic carbocycles. The van der Waals surface area contributed by atoms with E-state index in [0.717, 1.165) is 0 Å². The molecule has 2 N–H and O–H groups in total. The molecule has 0 atom stereocenters. The molecule has 8 nitrogen and oxygen atoms in total. The number of halogens is 1. The number of benzene rings is 3. The van der Waals surface area contributed by atoms with Crippen molar-refractivity contribution in [2.75, 3.05) is 11.9 Å². The largest absolute Gasteiger partial charge is 0.494 e. The number of carbonyl (C=O) groups excluding carboxylic acids is 3. The maximum absolute atomic E-state index is 12.2. The molecule has 0 aliphatic heterocycles. The standard InChI is InChI=1S/C24H20BrN3O5/c1-2-32-18-13-9-17(10-14-18)27-22(29)23(30)28-26-15-16-7-11-19(12-8-16)33-24(31)20-5-3-4-6-21(20)25/h3-15H,2H2,1H3,(H,27,29)(H,28,30)/b26-15+. The molecule has 0 heterocycles. The van der Waals surface area contributed by atoms with Gasteiger partial charge >= 0.3 is 17.8 Å². The monoisotopic (exact) mass is 509 g/mol. The van der Waals surface area contributed by atoms with Crippen molar-refractivity contribution in [2.45, 2.75) is 6.92 Å². The Kier molecular flexibility index (Phi) is 8.31. The summed E-state index contributed by atoms with van der Waals surface area (Å²) in [6, 6.07) is 20.1. The van der Waals surface area contributed by atoms with Crippen LogP contribution in [0.2, 0.25) is 0 Å². The highest BCUT2D eigenvalue weighted by atomic mass is 79.9. The Balaban J connectivity index is 1.49. The summed E-state index contributed by atoms with van der Waals surface area (Å²) in [6.07, 6.45) is 1.36. The van der Waals surface area contributed by atoms with Crippen LogP contribution in [0, 0.1) is 0 Å². The van der Waals surface area contributed by atoms with Gasteiger partial charge in [-0.25, -0.2) is 10.2 Å². The lowest BCUT2D eigenvalue weighted by atomic mass is 10.2. The maximum atomic E-state index is 12.2. The van der Waals surface area contributed by atoms with E-state index in [0.29, 0.717) is 39.4 Å². The average molecular weight is 510 g/mol. The fourth-order valence-electron chi connectivity index (χ4n) is 2.62. The lowest BCUT2D eigenvalue weighted by molar-refractivity contribution is -0.136. The van der Waals surface area contributed by atoms with Crippen LogP contribution in [0.3, 0.4) is 0 Å². The van der Waals surface area contributed by atoms with Crippen LogP contribution in [-0.4, -0.2) is 30.6 Å². The minimum Gasteiger partial charge on any atom is -0.494 e. The van der Waals surface area contributed by atoms with E-state index in [1.54, 1.807) is 72.8 Å². The molecule has 33 heavy (non-hydrogen) atoms. The number of hydrazone groups is 1. The number of hydrogen-bond donors (Lipinski definition) is 2. The molecule has 3 rings (SSSR count). The molecule has 0 aromatic heterocycles. The zero-order valence-electron chi connectivity index (χ0n) is 17.6. The first-order valence-electron chi connectivity index (χ1n) is 9.90. The summed E-state index contributed by atoms with van der Waals surface area (Å²) < 4.78 is 11.3. The first-order valence-corrected chi connectivity index (χ1v) is 10.7. The van der Waals surface area contributed by atoms with Gasteiger partial charge in [0.05, 0.1) is 18.4 Å². The van der Waals surface area contributed by atoms with Crippen LogP contribution >= 0.6 is 15.9 Å². The number of nitrogens with zero attached hydrogens (tertiary/aromatic N) is 1. The van der Waals surface area contributed by atoms with Crippen LogP contribution in [0.15, 0.2) is 82.4 Å². The van der Waals surface area contributed by atoms with Gasteiger partial charge in [0.1, 0.15) is 11.5 Å². The number of ether oxygens (including phenoxy) is 2. The molecule has 2 amide bonds. The SMILES string of the molecule is CCOc1ccc(NC(=O)C(=O)N/N=C/c2ccc(OC(=O)c3ccccc3Br)cc2)cc1. The van der Waals surface area contributed by atoms with Gasteiger partial charge in [-0.05, 0) is 89.1 Å². The Morgan fingerprint density at radius 2 is 1.58 bits per heavy atom. The van der Waals surface area contributed by atoms with Crippen molar-refractivity contribution < 1.29 is 23.9 Å². The van der Waals surface area contributed by atoms with Gasteiger partial charge in [-0.15, -0.1) is 0 Å². The second-order valence-corrected chi connectivity index (χ2v) is 7.40. The molecule has 3 aromatic carbocycles. The summed E-state index contributed by atoms with van der Waals surface area (Å²) in [7, 11) is 0. The van der Waals surface area contributed by atoms with Gasteiger partial charge in [0.25, 0.3) is 0 Å². The molecule has 168 valence electrons. The third-order valence-electron chi connectivity index (χ3n) is 4.19. The van der Waals surface area contributed by atoms with Crippen LogP contribution < -0.4 is 20.2 Å². The van der Waals surface area contributed by atoms with Crippen LogP contribution in [0.25, 0.3) is 0 Å². The Hall–Kier alpha value is -3.98. The molecule has 0 unspecified atom stereocenters. The van der Waals surface area contributed by atoms with E-state index in [-0.39, 0.29) is 0 Å². The van der Waals surface area contributed by atoms with E-state index >= 15 is 0 Å². The summed E-state index contributed by atoms with van der Waals surface area (Å²) in [5.74, 6) is -1.25. The minimum atomic E-state index is -0.917. The van der Waals surface area contributed by atoms with E-state index in [1.165, 1.54) is 6.21 Å². The molecule has 3 aromatic rings. The van der Waals surface area contributed by atoms with E-state index in [4.69, 9.17) is 9.47 Å². The highest BCUT2D eigenvalue weighted by molar-refractivity contribution is 9.10. The van der Waals surface area contributed by atoms with Crippen molar-refractivity contribution in [2.24, 2.45) is 5.10 Å². The predicted octanol–water partition coefficient (Wildman–Crippen LogP) is 4.16. The third kappa shape index (κ3) is 7.01. The first kappa shape index (κ1) is 23.7. The van der Waals surface area contributed by atoms with Crippen molar-refractivity contribution in [3.8, 4) is 11.5 Å². The summed E-state index contributed by atoms with van der Waals surface area (Å²) in [4.78, 5) is 36.1. The first-order chi connectivity index (χ1) is 16.0. The topological polar surface area (TPSA) is 106 Å². The van der Waals surface area contributed by atoms with Gasteiger partial charge in [-0.2, -0.15) is 5.10 Å². The van der Waals surface area contributed by atoms with E-state index in [2.05, 4.69) is 31.8 Å². The Morgan fingerprint density at radius 1 is 0.909 bits per heavy atom. The maximum Gasteiger partial charge on any atom is 0.344 e. The summed E-state index contributed by atoms with van der Waals surface area (Å²) in [5.41, 5.74) is 3.65. The van der Waals surface area contributed by atoms with Crippen molar-refractivity contribution >= 4 is 45.6 Å². The van der Waals surface area contributed by atoms with Crippen molar-refractivity contribution in [3.05, 3.63) is 88.4 Å². The second-order valence-electron chi connectivity index (χ2n) is 6.55. The number of hydrogen-bond acceptors (Lipinski definition) is 6. The Labute approximate surface area is 198 Å². The fourth-order valence-corrected chi connectivity index (χ4v) is 3.06. The summed E-state index contributed by atoms with van der Waals surface area (Å²) in [6.45, 7) is 2.40. The van der Waals surface area contributed by atoms with E-state index in [1.807, 2.05) is 6.92 Å². The zero-order valence-corrected chi connectivity index (χ0v) is 19.2. The van der Waals surface area contributed by atoms with Gasteiger partial charge in [0.2, 0.25) is 0 Å². The predicted molar refractivity (Wildman–Crippen MR) is 128 cm³/mol. The molecular weight excluding hydrogens is 490 g/mol. The fraction of sp³-hybridized carbons (Fsp3) is 0.0833. The molecule has 0 radical (unpaired) electrons. The quantitative estimate of drug-likeness (QED) is 0.163. The molecular formula is C24H20BrN3O5. The summed E-state index contributed by atoms with van der Waals surface area (Å²) >= 11 is 3.31. The smallest absolute Gasteiger partial charge is 0.344 e. The van der Waals surface area contributed by atoms with E-state index in [9.17, 15) is 14.4 Å².